The number of hydrogen-bond donors (Lipinski definition) is 0. The number of halogens is 1. The lowest BCUT2D eigenvalue weighted by atomic mass is 10.2. The molecule has 1 aromatic heterocycles. The van der Waals surface area contributed by atoms with E-state index in [1.54, 1.807) is 7.11 Å². The number of amides is 1. The molecule has 4 rings (SSSR count). The maximum Gasteiger partial charge on any atom is 0.337 e. The van der Waals surface area contributed by atoms with Gasteiger partial charge in [0, 0.05) is 0 Å². The fraction of sp³-hybridized carbons (Fsp3) is 0.182. The molecule has 0 N–H and O–H groups in total. The third-order valence-electron chi connectivity index (χ3n) is 4.71. The zero-order valence-electron chi connectivity index (χ0n) is 17.2. The first-order valence-corrected chi connectivity index (χ1v) is 9.84. The van der Waals surface area contributed by atoms with Crippen LogP contribution in [0.1, 0.15) is 15.9 Å². The molecule has 1 amide bonds. The Balaban J connectivity index is 1.65. The highest BCUT2D eigenvalue weighted by Crippen LogP contribution is 2.41. The molecule has 32 heavy (non-hydrogen) atoms. The minimum Gasteiger partial charge on any atom is -0.497 e. The summed E-state index contributed by atoms with van der Waals surface area (Å²) in [5.41, 5.74) is 1.13. The molecule has 0 atom stereocenters. The summed E-state index contributed by atoms with van der Waals surface area (Å²) >= 11 is 6.22. The number of rotatable bonds is 6. The fourth-order valence-electron chi connectivity index (χ4n) is 3.08. The van der Waals surface area contributed by atoms with Crippen molar-refractivity contribution in [3.63, 3.8) is 0 Å². The fourth-order valence-corrected chi connectivity index (χ4v) is 3.23. The number of aromatic nitrogens is 2. The van der Waals surface area contributed by atoms with Crippen molar-refractivity contribution in [3.05, 3.63) is 64.9 Å². The molecule has 9 nitrogen and oxygen atoms in total. The molecule has 0 saturated heterocycles. The molecule has 0 fully saturated rings. The zero-order valence-corrected chi connectivity index (χ0v) is 18.0. The number of anilines is 1. The lowest BCUT2D eigenvalue weighted by Crippen LogP contribution is -2.39. The second-order valence-electron chi connectivity index (χ2n) is 6.69. The number of fused-ring (bicyclic) bond motifs is 1. The number of carbonyl (C=O) groups is 2. The van der Waals surface area contributed by atoms with Crippen molar-refractivity contribution >= 4 is 29.3 Å². The number of methoxy groups -OCH3 is 2. The van der Waals surface area contributed by atoms with Crippen molar-refractivity contribution in [2.24, 2.45) is 0 Å². The average Bonchev–Trinajstić information content (AvgIpc) is 2.82. The topological polar surface area (TPSA) is 100 Å². The Labute approximate surface area is 188 Å². The van der Waals surface area contributed by atoms with Crippen LogP contribution in [0.3, 0.4) is 0 Å². The normalized spacial score (nSPS) is 12.6. The highest BCUT2D eigenvalue weighted by atomic mass is 35.5. The molecule has 0 aliphatic carbocycles. The molecule has 2 heterocycles. The van der Waals surface area contributed by atoms with Gasteiger partial charge in [-0.05, 0) is 35.9 Å². The smallest absolute Gasteiger partial charge is 0.337 e. The van der Waals surface area contributed by atoms with Crippen LogP contribution >= 0.6 is 11.6 Å². The molecular weight excluding hydrogens is 438 g/mol. The monoisotopic (exact) mass is 455 g/mol. The summed E-state index contributed by atoms with van der Waals surface area (Å²) in [6.45, 7) is 0.0665. The van der Waals surface area contributed by atoms with E-state index in [1.807, 2.05) is 24.3 Å². The van der Waals surface area contributed by atoms with Gasteiger partial charge in [-0.15, -0.1) is 0 Å². The van der Waals surface area contributed by atoms with Crippen molar-refractivity contribution in [3.8, 4) is 23.1 Å². The van der Waals surface area contributed by atoms with Gasteiger partial charge in [-0.2, -0.15) is 4.98 Å². The average molecular weight is 456 g/mol. The Hall–Kier alpha value is -3.85. The van der Waals surface area contributed by atoms with Crippen molar-refractivity contribution in [1.82, 2.24) is 9.97 Å². The van der Waals surface area contributed by atoms with Crippen LogP contribution in [0, 0.1) is 0 Å². The number of hydrogen-bond acceptors (Lipinski definition) is 8. The summed E-state index contributed by atoms with van der Waals surface area (Å²) in [5, 5.41) is 0.256. The Kier molecular flexibility index (Phi) is 6.09. The maximum absolute atomic E-state index is 12.6. The molecule has 2 aromatic carbocycles. The maximum atomic E-state index is 12.6. The number of carbonyl (C=O) groups excluding carboxylic acids is 2. The van der Waals surface area contributed by atoms with Gasteiger partial charge in [-0.1, -0.05) is 23.7 Å². The highest BCUT2D eigenvalue weighted by molar-refractivity contribution is 6.32. The lowest BCUT2D eigenvalue weighted by molar-refractivity contribution is -0.121. The number of esters is 1. The Morgan fingerprint density at radius 3 is 2.66 bits per heavy atom. The summed E-state index contributed by atoms with van der Waals surface area (Å²) < 4.78 is 21.3. The van der Waals surface area contributed by atoms with Crippen LogP contribution in [0.15, 0.2) is 48.8 Å². The van der Waals surface area contributed by atoms with Gasteiger partial charge in [-0.25, -0.2) is 9.78 Å². The molecule has 0 bridgehead atoms. The van der Waals surface area contributed by atoms with E-state index in [4.69, 9.17) is 30.5 Å². The van der Waals surface area contributed by atoms with Crippen molar-refractivity contribution in [1.29, 1.82) is 0 Å². The third-order valence-corrected chi connectivity index (χ3v) is 5.02. The van der Waals surface area contributed by atoms with Gasteiger partial charge in [0.1, 0.15) is 17.8 Å². The zero-order chi connectivity index (χ0) is 22.7. The van der Waals surface area contributed by atoms with E-state index in [0.717, 1.165) is 5.56 Å². The molecular formula is C22H18ClN3O6. The first-order valence-electron chi connectivity index (χ1n) is 9.47. The summed E-state index contributed by atoms with van der Waals surface area (Å²) in [6.07, 6.45) is 1.26. The SMILES string of the molecule is COC(=O)c1ccc(Cl)c(Oc2ncnc3c2OCC(=O)N3Cc2ccc(OC)cc2)c1. The van der Waals surface area contributed by atoms with Crippen molar-refractivity contribution in [2.75, 3.05) is 25.7 Å². The predicted molar refractivity (Wildman–Crippen MR) is 115 cm³/mol. The van der Waals surface area contributed by atoms with E-state index in [1.165, 1.54) is 36.5 Å². The van der Waals surface area contributed by atoms with Gasteiger partial charge in [-0.3, -0.25) is 9.69 Å². The Morgan fingerprint density at radius 1 is 1.16 bits per heavy atom. The third kappa shape index (κ3) is 4.28. The quantitative estimate of drug-likeness (QED) is 0.519. The van der Waals surface area contributed by atoms with Gasteiger partial charge < -0.3 is 18.9 Å². The van der Waals surface area contributed by atoms with Crippen LogP contribution < -0.4 is 19.1 Å². The molecule has 164 valence electrons. The van der Waals surface area contributed by atoms with Crippen LogP contribution in [-0.2, 0) is 16.1 Å². The lowest BCUT2D eigenvalue weighted by Gasteiger charge is -2.28. The molecule has 0 saturated carbocycles. The minimum atomic E-state index is -0.538. The van der Waals surface area contributed by atoms with Crippen LogP contribution in [0.2, 0.25) is 5.02 Å². The first kappa shape index (κ1) is 21.4. The van der Waals surface area contributed by atoms with Gasteiger partial charge >= 0.3 is 5.97 Å². The van der Waals surface area contributed by atoms with Crippen molar-refractivity contribution in [2.45, 2.75) is 6.54 Å². The van der Waals surface area contributed by atoms with E-state index < -0.39 is 5.97 Å². The molecule has 0 unspecified atom stereocenters. The van der Waals surface area contributed by atoms with E-state index in [0.29, 0.717) is 5.75 Å². The molecule has 1 aliphatic heterocycles. The summed E-state index contributed by atoms with van der Waals surface area (Å²) in [4.78, 5) is 34.2. The molecule has 3 aromatic rings. The van der Waals surface area contributed by atoms with Gasteiger partial charge in [0.25, 0.3) is 11.8 Å². The van der Waals surface area contributed by atoms with Crippen LogP contribution in [-0.4, -0.2) is 42.7 Å². The van der Waals surface area contributed by atoms with Crippen LogP contribution in [0.4, 0.5) is 5.82 Å². The van der Waals surface area contributed by atoms with Gasteiger partial charge in [0.05, 0.1) is 31.4 Å². The van der Waals surface area contributed by atoms with E-state index in [2.05, 4.69) is 9.97 Å². The highest BCUT2D eigenvalue weighted by Gasteiger charge is 2.31. The number of ether oxygens (including phenoxy) is 4. The summed E-state index contributed by atoms with van der Waals surface area (Å²) in [5.74, 6) is 0.616. The molecule has 10 heteroatoms. The van der Waals surface area contributed by atoms with E-state index in [9.17, 15) is 9.59 Å². The van der Waals surface area contributed by atoms with E-state index in [-0.39, 0.29) is 52.8 Å². The molecule has 1 aliphatic rings. The van der Waals surface area contributed by atoms with Crippen molar-refractivity contribution < 1.29 is 28.5 Å². The minimum absolute atomic E-state index is 0.0612. The Morgan fingerprint density at radius 2 is 1.94 bits per heavy atom. The van der Waals surface area contributed by atoms with Crippen LogP contribution in [0.25, 0.3) is 0 Å². The first-order chi connectivity index (χ1) is 15.5. The number of benzene rings is 2. The predicted octanol–water partition coefficient (Wildman–Crippen LogP) is 3.64. The van der Waals surface area contributed by atoms with Gasteiger partial charge in [0.2, 0.25) is 5.75 Å². The molecule has 0 radical (unpaired) electrons. The second-order valence-corrected chi connectivity index (χ2v) is 7.09. The summed E-state index contributed by atoms with van der Waals surface area (Å²) in [7, 11) is 2.86. The second kappa shape index (κ2) is 9.11. The molecule has 0 spiro atoms. The standard InChI is InChI=1S/C22H18ClN3O6/c1-29-15-6-3-13(4-7-15)10-26-18(27)11-31-19-20(26)24-12-25-21(19)32-17-9-14(22(28)30-2)5-8-16(17)23/h3-9,12H,10-11H2,1-2H3. The van der Waals surface area contributed by atoms with Crippen LogP contribution in [0.5, 0.6) is 23.1 Å². The number of nitrogens with zero attached hydrogens (tertiary/aromatic N) is 3. The Bertz CT molecular complexity index is 1170. The largest absolute Gasteiger partial charge is 0.497 e. The van der Waals surface area contributed by atoms with Gasteiger partial charge in [0.15, 0.2) is 12.4 Å². The van der Waals surface area contributed by atoms with E-state index >= 15 is 0 Å². The summed E-state index contributed by atoms with van der Waals surface area (Å²) in [6, 6.07) is 11.8.